The second-order valence-corrected chi connectivity index (χ2v) is 13.7. The normalized spacial score (nSPS) is 23.7. The van der Waals surface area contributed by atoms with Gasteiger partial charge in [-0.3, -0.25) is 14.2 Å². The monoisotopic (exact) mass is 565 g/mol. The van der Waals surface area contributed by atoms with Crippen LogP contribution in [0.2, 0.25) is 5.02 Å². The number of fused-ring (bicyclic) bond motifs is 1. The van der Waals surface area contributed by atoms with E-state index in [1.54, 1.807) is 16.8 Å². The van der Waals surface area contributed by atoms with Crippen molar-refractivity contribution in [2.24, 2.45) is 5.41 Å². The average Bonchev–Trinajstić information content (AvgIpc) is 3.40. The van der Waals surface area contributed by atoms with Gasteiger partial charge in [-0.1, -0.05) is 24.4 Å². The van der Waals surface area contributed by atoms with Crippen LogP contribution in [-0.4, -0.2) is 43.2 Å². The number of amides is 1. The summed E-state index contributed by atoms with van der Waals surface area (Å²) < 4.78 is 1.77. The minimum atomic E-state index is -0.175. The van der Waals surface area contributed by atoms with Crippen molar-refractivity contribution in [2.75, 3.05) is 11.9 Å². The summed E-state index contributed by atoms with van der Waals surface area (Å²) in [4.78, 5) is 38.1. The third kappa shape index (κ3) is 5.18. The first-order valence-electron chi connectivity index (χ1n) is 14.1. The first kappa shape index (κ1) is 26.6. The summed E-state index contributed by atoms with van der Waals surface area (Å²) in [6.45, 7) is 7.19. The Bertz CT molecular complexity index is 1480. The molecule has 3 heterocycles. The SMILES string of the molecule is Cc1cc(SC2CC3(CCN(C(C)C)C(=O)C3)C2)ccc1Nc1ncc2cc(Cl)c(=O)n(C3CCCC3)c2n1. The van der Waals surface area contributed by atoms with Gasteiger partial charge in [-0.2, -0.15) is 4.98 Å². The molecule has 2 aliphatic carbocycles. The highest BCUT2D eigenvalue weighted by molar-refractivity contribution is 8.00. The van der Waals surface area contributed by atoms with Crippen molar-refractivity contribution in [2.45, 2.75) is 94.4 Å². The molecular formula is C30H36ClN5O2S. The molecule has 1 saturated heterocycles. The molecule has 0 atom stereocenters. The van der Waals surface area contributed by atoms with Gasteiger partial charge in [0.05, 0.1) is 0 Å². The Labute approximate surface area is 238 Å². The van der Waals surface area contributed by atoms with Crippen LogP contribution in [-0.2, 0) is 4.79 Å². The van der Waals surface area contributed by atoms with E-state index in [1.165, 1.54) is 4.90 Å². The molecule has 3 aromatic rings. The molecule has 1 spiro atoms. The Hall–Kier alpha value is -2.58. The maximum atomic E-state index is 12.9. The zero-order chi connectivity index (χ0) is 27.3. The van der Waals surface area contributed by atoms with Crippen LogP contribution in [0.15, 0.2) is 40.2 Å². The zero-order valence-corrected chi connectivity index (χ0v) is 24.4. The van der Waals surface area contributed by atoms with E-state index in [9.17, 15) is 9.59 Å². The Kier molecular flexibility index (Phi) is 7.12. The van der Waals surface area contributed by atoms with E-state index in [-0.39, 0.29) is 22.0 Å². The van der Waals surface area contributed by atoms with Gasteiger partial charge in [0.2, 0.25) is 11.9 Å². The first-order valence-corrected chi connectivity index (χ1v) is 15.4. The molecule has 6 rings (SSSR count). The summed E-state index contributed by atoms with van der Waals surface area (Å²) in [6, 6.07) is 8.53. The number of aromatic nitrogens is 3. The zero-order valence-electron chi connectivity index (χ0n) is 22.9. The fourth-order valence-electron chi connectivity index (χ4n) is 6.69. The molecule has 0 bridgehead atoms. The molecule has 1 aromatic carbocycles. The predicted octanol–water partition coefficient (Wildman–Crippen LogP) is 6.88. The Morgan fingerprint density at radius 3 is 2.62 bits per heavy atom. The van der Waals surface area contributed by atoms with Crippen LogP contribution in [0.25, 0.3) is 11.0 Å². The van der Waals surface area contributed by atoms with Crippen molar-refractivity contribution in [3.63, 3.8) is 0 Å². The maximum absolute atomic E-state index is 12.9. The number of thioether (sulfide) groups is 1. The number of likely N-dealkylation sites (tertiary alicyclic amines) is 1. The van der Waals surface area contributed by atoms with Crippen LogP contribution in [0.4, 0.5) is 11.6 Å². The van der Waals surface area contributed by atoms with Gasteiger partial charge in [-0.25, -0.2) is 4.98 Å². The van der Waals surface area contributed by atoms with Gasteiger partial charge in [0.15, 0.2) is 0 Å². The lowest BCUT2D eigenvalue weighted by Crippen LogP contribution is -2.52. The minimum Gasteiger partial charge on any atom is -0.340 e. The number of hydrogen-bond donors (Lipinski definition) is 1. The van der Waals surface area contributed by atoms with Crippen molar-refractivity contribution in [3.05, 3.63) is 51.4 Å². The number of pyridine rings is 1. The molecule has 39 heavy (non-hydrogen) atoms. The van der Waals surface area contributed by atoms with Gasteiger partial charge in [0.25, 0.3) is 5.56 Å². The summed E-state index contributed by atoms with van der Waals surface area (Å²) >= 11 is 8.19. The molecule has 2 saturated carbocycles. The van der Waals surface area contributed by atoms with Gasteiger partial charge >= 0.3 is 0 Å². The number of carbonyl (C=O) groups is 1. The Morgan fingerprint density at radius 1 is 1.15 bits per heavy atom. The molecule has 0 radical (unpaired) electrons. The summed E-state index contributed by atoms with van der Waals surface area (Å²) in [5.41, 5.74) is 2.73. The van der Waals surface area contributed by atoms with E-state index in [0.29, 0.717) is 35.2 Å². The standard InChI is InChI=1S/C30H36ClN5O2S/c1-18(2)35-11-10-30(16-26(35)37)14-23(15-30)39-22-8-9-25(19(3)12-22)33-29-32-17-20-13-24(31)28(38)36(27(20)34-29)21-6-4-5-7-21/h8-9,12-13,17-18,21,23H,4-7,10-11,14-16H2,1-3H3,(H,32,33,34). The number of benzene rings is 1. The quantitative estimate of drug-likeness (QED) is 0.351. The van der Waals surface area contributed by atoms with Gasteiger partial charge in [0.1, 0.15) is 10.7 Å². The molecule has 206 valence electrons. The van der Waals surface area contributed by atoms with Crippen LogP contribution in [0, 0.1) is 12.3 Å². The van der Waals surface area contributed by atoms with Crippen molar-refractivity contribution in [1.82, 2.24) is 19.4 Å². The second-order valence-electron chi connectivity index (χ2n) is 11.9. The van der Waals surface area contributed by atoms with E-state index in [1.807, 2.05) is 16.7 Å². The summed E-state index contributed by atoms with van der Waals surface area (Å²) in [7, 11) is 0. The number of anilines is 2. The minimum absolute atomic E-state index is 0.131. The highest BCUT2D eigenvalue weighted by atomic mass is 35.5. The molecule has 9 heteroatoms. The van der Waals surface area contributed by atoms with E-state index in [2.05, 4.69) is 49.3 Å². The third-order valence-corrected chi connectivity index (χ3v) is 10.3. The summed E-state index contributed by atoms with van der Waals surface area (Å²) in [5.74, 6) is 0.794. The topological polar surface area (TPSA) is 80.1 Å². The number of carbonyl (C=O) groups excluding carboxylic acids is 1. The van der Waals surface area contributed by atoms with Crippen LogP contribution < -0.4 is 10.9 Å². The van der Waals surface area contributed by atoms with Crippen LogP contribution >= 0.6 is 23.4 Å². The molecular weight excluding hydrogens is 530 g/mol. The molecule has 3 fully saturated rings. The fourth-order valence-corrected chi connectivity index (χ4v) is 8.55. The number of rotatable bonds is 6. The molecule has 2 aromatic heterocycles. The number of hydrogen-bond acceptors (Lipinski definition) is 6. The summed E-state index contributed by atoms with van der Waals surface area (Å²) in [5, 5.41) is 4.92. The van der Waals surface area contributed by atoms with Gasteiger partial charge in [-0.05, 0) is 88.1 Å². The molecule has 0 unspecified atom stereocenters. The lowest BCUT2D eigenvalue weighted by atomic mass is 9.62. The van der Waals surface area contributed by atoms with Gasteiger partial charge < -0.3 is 10.2 Å². The van der Waals surface area contributed by atoms with E-state index in [4.69, 9.17) is 16.6 Å². The van der Waals surface area contributed by atoms with Crippen LogP contribution in [0.3, 0.4) is 0 Å². The Balaban J connectivity index is 1.14. The molecule has 7 nitrogen and oxygen atoms in total. The van der Waals surface area contributed by atoms with Crippen molar-refractivity contribution in [1.29, 1.82) is 0 Å². The lowest BCUT2D eigenvalue weighted by molar-refractivity contribution is -0.142. The number of aryl methyl sites for hydroxylation is 1. The van der Waals surface area contributed by atoms with Gasteiger partial charge in [0, 0.05) is 52.5 Å². The largest absolute Gasteiger partial charge is 0.340 e. The number of piperidine rings is 1. The molecule has 1 N–H and O–H groups in total. The maximum Gasteiger partial charge on any atom is 0.271 e. The van der Waals surface area contributed by atoms with Crippen LogP contribution in [0.1, 0.15) is 76.8 Å². The molecule has 1 aliphatic heterocycles. The van der Waals surface area contributed by atoms with Crippen molar-refractivity contribution >= 4 is 51.9 Å². The lowest BCUT2D eigenvalue weighted by Gasteiger charge is -2.52. The van der Waals surface area contributed by atoms with Gasteiger partial charge in [-0.15, -0.1) is 11.8 Å². The number of nitrogens with one attached hydrogen (secondary N) is 1. The number of nitrogens with zero attached hydrogens (tertiary/aromatic N) is 4. The fraction of sp³-hybridized carbons (Fsp3) is 0.533. The molecule has 1 amide bonds. The smallest absolute Gasteiger partial charge is 0.271 e. The average molecular weight is 566 g/mol. The van der Waals surface area contributed by atoms with E-state index in [0.717, 1.165) is 68.1 Å². The highest BCUT2D eigenvalue weighted by Crippen LogP contribution is 2.55. The van der Waals surface area contributed by atoms with Crippen LogP contribution in [0.5, 0.6) is 0 Å². The van der Waals surface area contributed by atoms with E-state index < -0.39 is 0 Å². The Morgan fingerprint density at radius 2 is 1.92 bits per heavy atom. The first-order chi connectivity index (χ1) is 18.7. The summed E-state index contributed by atoms with van der Waals surface area (Å²) in [6.07, 6.45) is 9.97. The predicted molar refractivity (Wildman–Crippen MR) is 158 cm³/mol. The second kappa shape index (κ2) is 10.4. The van der Waals surface area contributed by atoms with E-state index >= 15 is 0 Å². The highest BCUT2D eigenvalue weighted by Gasteiger charge is 2.49. The third-order valence-electron chi connectivity index (χ3n) is 8.84. The molecule has 3 aliphatic rings. The number of halogens is 1. The van der Waals surface area contributed by atoms with Crippen molar-refractivity contribution < 1.29 is 4.79 Å². The van der Waals surface area contributed by atoms with Crippen molar-refractivity contribution in [3.8, 4) is 0 Å².